The maximum atomic E-state index is 2.46. The molecule has 1 unspecified atom stereocenters. The molecule has 1 aliphatic heterocycles. The largest absolute Gasteiger partial charge is 0.330 e. The minimum absolute atomic E-state index is 0.192. The maximum absolute atomic E-state index is 2.46. The second kappa shape index (κ2) is 9.38. The number of benzene rings is 4. The lowest BCUT2D eigenvalue weighted by atomic mass is 9.93. The Morgan fingerprint density at radius 1 is 0.707 bits per heavy atom. The van der Waals surface area contributed by atoms with Crippen molar-refractivity contribution in [3.63, 3.8) is 0 Å². The summed E-state index contributed by atoms with van der Waals surface area (Å²) >= 11 is 0. The number of para-hydroxylation sites is 2. The summed E-state index contributed by atoms with van der Waals surface area (Å²) < 4.78 is 2.44. The van der Waals surface area contributed by atoms with Gasteiger partial charge in [-0.1, -0.05) is 78.9 Å². The van der Waals surface area contributed by atoms with Crippen molar-refractivity contribution in [2.75, 3.05) is 4.90 Å². The smallest absolute Gasteiger partial charge is 0.0718 e. The van der Waals surface area contributed by atoms with Gasteiger partial charge in [0.25, 0.3) is 0 Å². The maximum Gasteiger partial charge on any atom is 0.0718 e. The summed E-state index contributed by atoms with van der Waals surface area (Å²) in [6, 6.07) is 31.7. The van der Waals surface area contributed by atoms with E-state index in [2.05, 4.69) is 151 Å². The fourth-order valence-corrected chi connectivity index (χ4v) is 7.03. The van der Waals surface area contributed by atoms with Crippen LogP contribution in [0.1, 0.15) is 34.4 Å². The quantitative estimate of drug-likeness (QED) is 0.226. The average Bonchev–Trinajstić information content (AvgIpc) is 3.19. The third-order valence-electron chi connectivity index (χ3n) is 8.92. The summed E-state index contributed by atoms with van der Waals surface area (Å²) in [6.07, 6.45) is 18.0. The van der Waals surface area contributed by atoms with Crippen LogP contribution in [0, 0.1) is 13.8 Å². The van der Waals surface area contributed by atoms with Gasteiger partial charge in [-0.25, -0.2) is 0 Å². The Balaban J connectivity index is 1.19. The van der Waals surface area contributed by atoms with Crippen LogP contribution in [0.25, 0.3) is 39.4 Å². The van der Waals surface area contributed by atoms with Crippen LogP contribution in [0.4, 0.5) is 11.4 Å². The molecule has 41 heavy (non-hydrogen) atoms. The van der Waals surface area contributed by atoms with E-state index in [-0.39, 0.29) is 6.04 Å². The van der Waals surface area contributed by atoms with Crippen molar-refractivity contribution < 1.29 is 0 Å². The minimum atomic E-state index is 0.192. The molecular formula is C39H32N2. The van der Waals surface area contributed by atoms with Gasteiger partial charge in [-0.15, -0.1) is 0 Å². The molecule has 0 saturated heterocycles. The molecule has 0 spiro atoms. The molecule has 0 radical (unpaired) electrons. The standard InChI is InChI=1S/C39H32N2/c1-26-23-30(40-29-12-4-3-11-28(25-29)34-13-5-8-16-37(34)40)19-21-32(26)33-22-20-31(24-27(33)2)41-38-17-9-6-14-35(38)36-15-7-10-18-39(36)41/h3-6,8-14,16-25,29H,7,15H2,1-2H3. The molecular weight excluding hydrogens is 496 g/mol. The molecule has 2 aliphatic carbocycles. The molecule has 0 saturated carbocycles. The van der Waals surface area contributed by atoms with Crippen molar-refractivity contribution >= 4 is 33.9 Å². The van der Waals surface area contributed by atoms with Crippen molar-refractivity contribution in [1.29, 1.82) is 0 Å². The van der Waals surface area contributed by atoms with Gasteiger partial charge in [0.05, 0.1) is 11.6 Å². The first-order valence-electron chi connectivity index (χ1n) is 14.6. The summed E-state index contributed by atoms with van der Waals surface area (Å²) in [6.45, 7) is 4.49. The molecule has 1 atom stereocenters. The molecule has 5 aromatic rings. The fraction of sp³-hybridized carbons (Fsp3) is 0.128. The van der Waals surface area contributed by atoms with Crippen LogP contribution >= 0.6 is 0 Å². The van der Waals surface area contributed by atoms with Crippen LogP contribution < -0.4 is 4.90 Å². The highest BCUT2D eigenvalue weighted by Crippen LogP contribution is 2.42. The number of anilines is 2. The molecule has 0 amide bonds. The van der Waals surface area contributed by atoms with E-state index >= 15 is 0 Å². The van der Waals surface area contributed by atoms with E-state index in [9.17, 15) is 0 Å². The van der Waals surface area contributed by atoms with Crippen molar-refractivity contribution in [3.05, 3.63) is 149 Å². The first kappa shape index (κ1) is 24.0. The summed E-state index contributed by atoms with van der Waals surface area (Å²) in [5.41, 5.74) is 15.5. The van der Waals surface area contributed by atoms with Gasteiger partial charge in [0.1, 0.15) is 0 Å². The minimum Gasteiger partial charge on any atom is -0.330 e. The number of rotatable bonds is 3. The van der Waals surface area contributed by atoms with Crippen molar-refractivity contribution in [3.8, 4) is 16.8 Å². The lowest BCUT2D eigenvalue weighted by Crippen LogP contribution is -2.31. The van der Waals surface area contributed by atoms with Gasteiger partial charge in [0.15, 0.2) is 0 Å². The van der Waals surface area contributed by atoms with Gasteiger partial charge in [-0.05, 0) is 109 Å². The van der Waals surface area contributed by atoms with Crippen molar-refractivity contribution in [2.45, 2.75) is 32.7 Å². The molecule has 2 nitrogen and oxygen atoms in total. The number of nitrogens with zero attached hydrogens (tertiary/aromatic N) is 2. The van der Waals surface area contributed by atoms with Crippen LogP contribution in [0.2, 0.25) is 0 Å². The number of hydrogen-bond donors (Lipinski definition) is 0. The van der Waals surface area contributed by atoms with Gasteiger partial charge in [-0.2, -0.15) is 0 Å². The second-order valence-electron chi connectivity index (χ2n) is 11.4. The Hall–Kier alpha value is -4.82. The number of fused-ring (bicyclic) bond motifs is 6. The third kappa shape index (κ3) is 3.78. The average molecular weight is 529 g/mol. The Kier molecular flexibility index (Phi) is 5.50. The zero-order valence-electron chi connectivity index (χ0n) is 23.5. The number of allylic oxidation sites excluding steroid dienone is 5. The summed E-state index contributed by atoms with van der Waals surface area (Å²) in [7, 11) is 0. The highest BCUT2D eigenvalue weighted by molar-refractivity contribution is 5.92. The highest BCUT2D eigenvalue weighted by Gasteiger charge is 2.26. The van der Waals surface area contributed by atoms with Gasteiger partial charge >= 0.3 is 0 Å². The highest BCUT2D eigenvalue weighted by atomic mass is 15.2. The predicted octanol–water partition coefficient (Wildman–Crippen LogP) is 9.90. The van der Waals surface area contributed by atoms with Crippen LogP contribution in [0.3, 0.4) is 0 Å². The second-order valence-corrected chi connectivity index (χ2v) is 11.4. The Labute approximate surface area is 241 Å². The third-order valence-corrected chi connectivity index (χ3v) is 8.92. The number of aryl methyl sites for hydroxylation is 3. The Morgan fingerprint density at radius 2 is 1.46 bits per heavy atom. The Morgan fingerprint density at radius 3 is 2.32 bits per heavy atom. The van der Waals surface area contributed by atoms with Crippen LogP contribution in [-0.2, 0) is 6.42 Å². The number of aromatic nitrogens is 1. The predicted molar refractivity (Wildman–Crippen MR) is 174 cm³/mol. The zero-order valence-corrected chi connectivity index (χ0v) is 23.5. The topological polar surface area (TPSA) is 8.17 Å². The van der Waals surface area contributed by atoms with E-state index in [0.29, 0.717) is 0 Å². The summed E-state index contributed by atoms with van der Waals surface area (Å²) in [5, 5.41) is 1.38. The molecule has 1 aromatic heterocycles. The van der Waals surface area contributed by atoms with Crippen molar-refractivity contribution in [2.24, 2.45) is 0 Å². The SMILES string of the molecule is Cc1cc(N2c3ccccc3C3=CC2C=CC=C3)ccc1-c1ccc(-n2c3c(c4ccccc42)CCC=C3)cc1C. The van der Waals surface area contributed by atoms with Crippen LogP contribution in [0.5, 0.6) is 0 Å². The molecule has 8 rings (SSSR count). The summed E-state index contributed by atoms with van der Waals surface area (Å²) in [5.74, 6) is 0. The first-order chi connectivity index (χ1) is 20.2. The molecule has 4 aromatic carbocycles. The van der Waals surface area contributed by atoms with E-state index in [1.54, 1.807) is 0 Å². The van der Waals surface area contributed by atoms with Gasteiger partial charge in [-0.3, -0.25) is 0 Å². The molecule has 2 heteroatoms. The van der Waals surface area contributed by atoms with Gasteiger partial charge < -0.3 is 9.47 Å². The van der Waals surface area contributed by atoms with E-state index in [1.165, 1.54) is 72.6 Å². The van der Waals surface area contributed by atoms with Gasteiger partial charge in [0.2, 0.25) is 0 Å². The lowest BCUT2D eigenvalue weighted by Gasteiger charge is -2.36. The number of hydrogen-bond acceptors (Lipinski definition) is 1. The molecule has 198 valence electrons. The van der Waals surface area contributed by atoms with E-state index in [1.807, 2.05) is 0 Å². The lowest BCUT2D eigenvalue weighted by molar-refractivity contribution is 0.931. The van der Waals surface area contributed by atoms with E-state index in [0.717, 1.165) is 12.8 Å². The summed E-state index contributed by atoms with van der Waals surface area (Å²) in [4.78, 5) is 2.46. The van der Waals surface area contributed by atoms with E-state index in [4.69, 9.17) is 0 Å². The van der Waals surface area contributed by atoms with Gasteiger partial charge in [0, 0.05) is 33.7 Å². The zero-order chi connectivity index (χ0) is 27.5. The first-order valence-corrected chi connectivity index (χ1v) is 14.6. The monoisotopic (exact) mass is 528 g/mol. The normalized spacial score (nSPS) is 16.9. The van der Waals surface area contributed by atoms with Crippen LogP contribution in [-0.4, -0.2) is 10.6 Å². The van der Waals surface area contributed by atoms with Crippen LogP contribution in [0.15, 0.2) is 121 Å². The fourth-order valence-electron chi connectivity index (χ4n) is 7.03. The van der Waals surface area contributed by atoms with Crippen molar-refractivity contribution in [1.82, 2.24) is 4.57 Å². The molecule has 3 aliphatic rings. The molecule has 0 fully saturated rings. The Bertz CT molecular complexity index is 1980. The molecule has 2 bridgehead atoms. The van der Waals surface area contributed by atoms with E-state index < -0.39 is 0 Å². The molecule has 0 N–H and O–H groups in total. The molecule has 2 heterocycles.